The van der Waals surface area contributed by atoms with Gasteiger partial charge in [0.15, 0.2) is 6.10 Å². The average molecular weight is 1590 g/mol. The number of phosphoric ester groups is 2. The lowest BCUT2D eigenvalue weighted by Crippen LogP contribution is -2.30. The van der Waals surface area contributed by atoms with E-state index >= 15 is 0 Å². The molecule has 0 saturated carbocycles. The van der Waals surface area contributed by atoms with Gasteiger partial charge in [0.05, 0.1) is 26.4 Å². The van der Waals surface area contributed by atoms with Crippen LogP contribution in [0.5, 0.6) is 0 Å². The average Bonchev–Trinajstić information content (AvgIpc) is 0.812. The van der Waals surface area contributed by atoms with Crippen LogP contribution in [0.4, 0.5) is 0 Å². The first-order valence-corrected chi connectivity index (χ1v) is 46.4. The SMILES string of the molecule is CC/C=C\C/C=C\C/C=C\C/C=C\C/C=C\CCCCCCCCCCCCCC(=O)OCC(COP(=O)(O)OCC(O)COP(=O)(O)OCC(O)COC(=O)CCCCCCCCCCCCCCC/C=C\C/C=C\C/C=C\C/C=C\CCCCC)OC(=O)CCCCC/C=C\C/C=C\C/C=C\C/C=C\C/C=C\CC. The fourth-order valence-electron chi connectivity index (χ4n) is 11.4. The standard InChI is InChI=1S/C93H156O16P2/c1-4-7-10-13-16-19-22-25-28-31-34-36-38-40-42-43-45-47-48-50-53-55-58-61-64-67-70-73-76-79-91(96)103-82-88(94)83-105-110(99,100)106-84-89(95)85-107-111(101,102)108-87-90(109-93(98)81-78-75-72-69-66-63-60-57-52-33-30-27-24-21-18-15-12-9-6-3)86-104-92(97)80-77-74-71-68-65-62-59-56-54-51-49-46-44-41-39-37-35-32-29-26-23-20-17-14-11-8-5-2/h8-9,11-12,16-21,25-30,34-37,40-42,44,52,57,63,66,88-90,94-95H,4-7,10,13-15,22-24,31-33,38-39,43,45-51,53-56,58-62,64-65,67-87H2,1-3H3,(H,99,100)(H,101,102)/b11-8-,12-9-,19-16-,20-17-,21-18-,28-25-,29-26-,30-27-,36-34-,37-35-,42-40-,44-41-,57-52-,66-63-. The molecule has 0 amide bonds. The summed E-state index contributed by atoms with van der Waals surface area (Å²) in [6, 6.07) is 0. The second-order valence-corrected chi connectivity index (χ2v) is 31.5. The molecule has 0 aliphatic heterocycles. The van der Waals surface area contributed by atoms with Gasteiger partial charge in [-0.25, -0.2) is 9.13 Å². The third-order valence-corrected chi connectivity index (χ3v) is 19.8. The van der Waals surface area contributed by atoms with Crippen molar-refractivity contribution in [2.75, 3.05) is 39.6 Å². The number of ether oxygens (including phenoxy) is 3. The molecule has 0 spiro atoms. The van der Waals surface area contributed by atoms with Gasteiger partial charge in [-0.2, -0.15) is 0 Å². The molecule has 634 valence electrons. The third kappa shape index (κ3) is 85.6. The minimum atomic E-state index is -4.95. The summed E-state index contributed by atoms with van der Waals surface area (Å²) in [4.78, 5) is 58.9. The number of allylic oxidation sites excluding steroid dienone is 28. The highest BCUT2D eigenvalue weighted by molar-refractivity contribution is 7.47. The molecule has 0 aliphatic rings. The van der Waals surface area contributed by atoms with Crippen LogP contribution < -0.4 is 0 Å². The second-order valence-electron chi connectivity index (χ2n) is 28.6. The van der Waals surface area contributed by atoms with Crippen molar-refractivity contribution >= 4 is 33.6 Å². The van der Waals surface area contributed by atoms with Crippen LogP contribution in [0.15, 0.2) is 170 Å². The summed E-state index contributed by atoms with van der Waals surface area (Å²) in [7, 11) is -9.82. The van der Waals surface area contributed by atoms with Crippen molar-refractivity contribution in [1.29, 1.82) is 0 Å². The maximum Gasteiger partial charge on any atom is 0.472 e. The minimum Gasteiger partial charge on any atom is -0.463 e. The highest BCUT2D eigenvalue weighted by Gasteiger charge is 2.29. The summed E-state index contributed by atoms with van der Waals surface area (Å²) in [5, 5.41) is 20.7. The first-order valence-electron chi connectivity index (χ1n) is 43.4. The summed E-state index contributed by atoms with van der Waals surface area (Å²) in [5.74, 6) is -1.62. The molecule has 111 heavy (non-hydrogen) atoms. The molecule has 0 aromatic rings. The Bertz CT molecular complexity index is 2700. The molecular weight excluding hydrogens is 1430 g/mol. The quantitative estimate of drug-likeness (QED) is 0.0146. The lowest BCUT2D eigenvalue weighted by molar-refractivity contribution is -0.161. The van der Waals surface area contributed by atoms with E-state index in [0.29, 0.717) is 19.3 Å². The Kier molecular flexibility index (Phi) is 80.4. The maximum absolute atomic E-state index is 13.0. The van der Waals surface area contributed by atoms with E-state index in [1.54, 1.807) is 0 Å². The Morgan fingerprint density at radius 1 is 0.261 bits per heavy atom. The molecule has 0 aromatic heterocycles. The molecule has 0 saturated heterocycles. The molecule has 18 heteroatoms. The Morgan fingerprint density at radius 2 is 0.477 bits per heavy atom. The molecule has 4 N–H and O–H groups in total. The van der Waals surface area contributed by atoms with Crippen molar-refractivity contribution in [2.24, 2.45) is 0 Å². The van der Waals surface area contributed by atoms with Gasteiger partial charge in [-0.1, -0.05) is 339 Å². The molecule has 0 rings (SSSR count). The zero-order valence-corrected chi connectivity index (χ0v) is 71.4. The Morgan fingerprint density at radius 3 is 0.766 bits per heavy atom. The largest absolute Gasteiger partial charge is 0.472 e. The zero-order chi connectivity index (χ0) is 80.8. The second kappa shape index (κ2) is 84.3. The molecule has 0 bridgehead atoms. The van der Waals surface area contributed by atoms with Crippen LogP contribution in [0.25, 0.3) is 0 Å². The summed E-state index contributed by atoms with van der Waals surface area (Å²) in [6.07, 6.45) is 108. The first-order chi connectivity index (χ1) is 54.2. The number of phosphoric acid groups is 2. The number of aliphatic hydroxyl groups is 2. The van der Waals surface area contributed by atoms with Gasteiger partial charge >= 0.3 is 33.6 Å². The van der Waals surface area contributed by atoms with Crippen LogP contribution in [0.2, 0.25) is 0 Å². The molecule has 16 nitrogen and oxygen atoms in total. The summed E-state index contributed by atoms with van der Waals surface area (Å²) in [5.41, 5.74) is 0. The molecule has 0 heterocycles. The molecule has 0 fully saturated rings. The van der Waals surface area contributed by atoms with Crippen molar-refractivity contribution in [2.45, 2.75) is 360 Å². The van der Waals surface area contributed by atoms with Gasteiger partial charge in [-0.05, 0) is 154 Å². The van der Waals surface area contributed by atoms with Crippen molar-refractivity contribution < 1.29 is 75.8 Å². The maximum atomic E-state index is 13.0. The van der Waals surface area contributed by atoms with Crippen LogP contribution in [-0.2, 0) is 55.8 Å². The third-order valence-electron chi connectivity index (χ3n) is 17.9. The van der Waals surface area contributed by atoms with Crippen molar-refractivity contribution in [3.63, 3.8) is 0 Å². The monoisotopic (exact) mass is 1590 g/mol. The van der Waals surface area contributed by atoms with Gasteiger partial charge < -0.3 is 34.2 Å². The van der Waals surface area contributed by atoms with E-state index in [0.717, 1.165) is 161 Å². The molecule has 5 atom stereocenters. The van der Waals surface area contributed by atoms with E-state index in [1.807, 2.05) is 0 Å². The highest BCUT2D eigenvalue weighted by Crippen LogP contribution is 2.45. The van der Waals surface area contributed by atoms with Crippen LogP contribution in [0, 0.1) is 0 Å². The predicted molar refractivity (Wildman–Crippen MR) is 463 cm³/mol. The number of unbranched alkanes of at least 4 members (excludes halogenated alkanes) is 30. The number of rotatable bonds is 81. The van der Waals surface area contributed by atoms with Crippen LogP contribution in [-0.4, -0.2) is 95.9 Å². The van der Waals surface area contributed by atoms with Gasteiger partial charge in [0.1, 0.15) is 25.4 Å². The van der Waals surface area contributed by atoms with Crippen LogP contribution in [0.3, 0.4) is 0 Å². The zero-order valence-electron chi connectivity index (χ0n) is 69.6. The summed E-state index contributed by atoms with van der Waals surface area (Å²) < 4.78 is 61.3. The summed E-state index contributed by atoms with van der Waals surface area (Å²) in [6.45, 7) is 2.40. The van der Waals surface area contributed by atoms with Gasteiger partial charge in [0.25, 0.3) is 0 Å². The van der Waals surface area contributed by atoms with E-state index in [1.165, 1.54) is 122 Å². The van der Waals surface area contributed by atoms with Gasteiger partial charge in [-0.15, -0.1) is 0 Å². The molecule has 0 radical (unpaired) electrons. The fraction of sp³-hybridized carbons (Fsp3) is 0.667. The smallest absolute Gasteiger partial charge is 0.463 e. The lowest BCUT2D eigenvalue weighted by atomic mass is 10.0. The molecular formula is C93H156O16P2. The van der Waals surface area contributed by atoms with E-state index in [2.05, 4.69) is 191 Å². The molecule has 5 unspecified atom stereocenters. The number of aliphatic hydroxyl groups excluding tert-OH is 2. The predicted octanol–water partition coefficient (Wildman–Crippen LogP) is 26.3. The Balaban J connectivity index is 4.62. The van der Waals surface area contributed by atoms with Gasteiger partial charge in [-0.3, -0.25) is 32.5 Å². The van der Waals surface area contributed by atoms with E-state index < -0.39 is 91.5 Å². The number of esters is 3. The molecule has 0 aliphatic carbocycles. The van der Waals surface area contributed by atoms with Crippen molar-refractivity contribution in [3.8, 4) is 0 Å². The summed E-state index contributed by atoms with van der Waals surface area (Å²) >= 11 is 0. The van der Waals surface area contributed by atoms with Crippen LogP contribution in [0.1, 0.15) is 342 Å². The van der Waals surface area contributed by atoms with Crippen LogP contribution >= 0.6 is 15.6 Å². The normalized spacial score (nSPS) is 14.7. The highest BCUT2D eigenvalue weighted by atomic mass is 31.2. The van der Waals surface area contributed by atoms with E-state index in [-0.39, 0.29) is 19.3 Å². The van der Waals surface area contributed by atoms with Crippen molar-refractivity contribution in [1.82, 2.24) is 0 Å². The number of hydrogen-bond donors (Lipinski definition) is 4. The number of carbonyl (C=O) groups excluding carboxylic acids is 3. The topological polar surface area (TPSA) is 231 Å². The van der Waals surface area contributed by atoms with Crippen molar-refractivity contribution in [3.05, 3.63) is 170 Å². The van der Waals surface area contributed by atoms with E-state index in [4.69, 9.17) is 32.3 Å². The Hall–Kier alpha value is -5.09. The van der Waals surface area contributed by atoms with E-state index in [9.17, 15) is 43.5 Å². The lowest BCUT2D eigenvalue weighted by Gasteiger charge is -2.21. The number of hydrogen-bond acceptors (Lipinski definition) is 14. The first kappa shape index (κ1) is 106. The minimum absolute atomic E-state index is 0.0596. The number of carbonyl (C=O) groups is 3. The Labute approximate surface area is 675 Å². The van der Waals surface area contributed by atoms with Gasteiger partial charge in [0, 0.05) is 19.3 Å². The fourth-order valence-corrected chi connectivity index (χ4v) is 13.0. The van der Waals surface area contributed by atoms with Gasteiger partial charge in [0.2, 0.25) is 0 Å². The molecule has 0 aromatic carbocycles.